The molecule has 0 aromatic heterocycles. The van der Waals surface area contributed by atoms with Crippen molar-refractivity contribution in [1.29, 1.82) is 0 Å². The molecule has 0 aliphatic heterocycles. The van der Waals surface area contributed by atoms with Crippen LogP contribution in [0.25, 0.3) is 0 Å². The van der Waals surface area contributed by atoms with Crippen molar-refractivity contribution in [3.63, 3.8) is 0 Å². The monoisotopic (exact) mass is 289 g/mol. The topological polar surface area (TPSA) is 49.3 Å². The molecule has 1 amide bonds. The third-order valence-electron chi connectivity index (χ3n) is 3.03. The van der Waals surface area contributed by atoms with Gasteiger partial charge in [0.1, 0.15) is 0 Å². The van der Waals surface area contributed by atoms with Crippen LogP contribution in [-0.2, 0) is 0 Å². The molecule has 0 spiro atoms. The Hall–Kier alpha value is -1.84. The molecule has 0 aliphatic carbocycles. The van der Waals surface area contributed by atoms with E-state index in [1.54, 1.807) is 24.3 Å². The van der Waals surface area contributed by atoms with Crippen LogP contribution in [0, 0.1) is 0 Å². The standard InChI is InChI=1S/C16H16ClNO2/c17-14-8-6-12(7-9-14)15(10-11-19)18-16(20)13-4-2-1-3-5-13/h1-9,15,19H,10-11H2,(H,18,20)/t15-/m0/s1. The molecule has 3 nitrogen and oxygen atoms in total. The third-order valence-corrected chi connectivity index (χ3v) is 3.28. The summed E-state index contributed by atoms with van der Waals surface area (Å²) in [4.78, 5) is 12.2. The first kappa shape index (κ1) is 14.6. The molecule has 0 bridgehead atoms. The lowest BCUT2D eigenvalue weighted by Gasteiger charge is -2.18. The van der Waals surface area contributed by atoms with E-state index >= 15 is 0 Å². The van der Waals surface area contributed by atoms with Crippen molar-refractivity contribution in [3.8, 4) is 0 Å². The minimum atomic E-state index is -0.232. The number of nitrogens with one attached hydrogen (secondary N) is 1. The molecule has 0 unspecified atom stereocenters. The largest absolute Gasteiger partial charge is 0.396 e. The van der Waals surface area contributed by atoms with Crippen LogP contribution in [0.15, 0.2) is 54.6 Å². The Bertz CT molecular complexity index is 554. The van der Waals surface area contributed by atoms with Gasteiger partial charge >= 0.3 is 0 Å². The Balaban J connectivity index is 2.13. The number of carbonyl (C=O) groups is 1. The van der Waals surface area contributed by atoms with Crippen molar-refractivity contribution in [2.24, 2.45) is 0 Å². The fourth-order valence-electron chi connectivity index (χ4n) is 1.98. The number of aliphatic hydroxyl groups excluding tert-OH is 1. The number of carbonyl (C=O) groups excluding carboxylic acids is 1. The number of aliphatic hydroxyl groups is 1. The molecule has 4 heteroatoms. The summed E-state index contributed by atoms with van der Waals surface area (Å²) >= 11 is 5.86. The van der Waals surface area contributed by atoms with Crippen molar-refractivity contribution < 1.29 is 9.90 Å². The Labute approximate surface area is 123 Å². The average Bonchev–Trinajstić information content (AvgIpc) is 2.48. The van der Waals surface area contributed by atoms with Gasteiger partial charge in [-0.05, 0) is 36.2 Å². The number of halogens is 1. The highest BCUT2D eigenvalue weighted by atomic mass is 35.5. The molecule has 20 heavy (non-hydrogen) atoms. The van der Waals surface area contributed by atoms with E-state index in [0.717, 1.165) is 5.56 Å². The predicted molar refractivity (Wildman–Crippen MR) is 79.8 cm³/mol. The summed E-state index contributed by atoms with van der Waals surface area (Å²) in [6.07, 6.45) is 0.459. The van der Waals surface area contributed by atoms with Gasteiger partial charge in [-0.3, -0.25) is 4.79 Å². The van der Waals surface area contributed by atoms with Gasteiger partial charge in [0.25, 0.3) is 5.91 Å². The van der Waals surface area contributed by atoms with Gasteiger partial charge in [-0.25, -0.2) is 0 Å². The molecule has 2 aromatic rings. The Morgan fingerprint density at radius 2 is 1.75 bits per heavy atom. The highest BCUT2D eigenvalue weighted by molar-refractivity contribution is 6.30. The van der Waals surface area contributed by atoms with Crippen LogP contribution < -0.4 is 5.32 Å². The number of hydrogen-bond acceptors (Lipinski definition) is 2. The quantitative estimate of drug-likeness (QED) is 0.888. The molecule has 104 valence electrons. The fraction of sp³-hybridized carbons (Fsp3) is 0.188. The lowest BCUT2D eigenvalue weighted by atomic mass is 10.0. The van der Waals surface area contributed by atoms with Crippen LogP contribution in [0.1, 0.15) is 28.4 Å². The average molecular weight is 290 g/mol. The minimum absolute atomic E-state index is 0.00234. The van der Waals surface area contributed by atoms with E-state index in [4.69, 9.17) is 16.7 Å². The molecule has 0 aliphatic rings. The SMILES string of the molecule is O=C(N[C@@H](CCO)c1ccc(Cl)cc1)c1ccccc1. The van der Waals surface area contributed by atoms with Crippen molar-refractivity contribution >= 4 is 17.5 Å². The highest BCUT2D eigenvalue weighted by Crippen LogP contribution is 2.19. The maximum Gasteiger partial charge on any atom is 0.251 e. The minimum Gasteiger partial charge on any atom is -0.396 e. The first-order valence-corrected chi connectivity index (χ1v) is 6.80. The van der Waals surface area contributed by atoms with Crippen LogP contribution >= 0.6 is 11.6 Å². The summed E-state index contributed by atoms with van der Waals surface area (Å²) in [6, 6.07) is 16.0. The second kappa shape index (κ2) is 7.08. The van der Waals surface area contributed by atoms with Gasteiger partial charge in [0.05, 0.1) is 6.04 Å². The summed E-state index contributed by atoms with van der Waals surface area (Å²) in [5, 5.41) is 12.7. The number of rotatable bonds is 5. The summed E-state index contributed by atoms with van der Waals surface area (Å²) in [5.74, 6) is -0.154. The number of hydrogen-bond donors (Lipinski definition) is 2. The molecule has 2 rings (SSSR count). The van der Waals surface area contributed by atoms with Crippen molar-refractivity contribution in [2.45, 2.75) is 12.5 Å². The zero-order valence-corrected chi connectivity index (χ0v) is 11.7. The van der Waals surface area contributed by atoms with Gasteiger partial charge in [0, 0.05) is 17.2 Å². The zero-order chi connectivity index (χ0) is 14.4. The second-order valence-corrected chi connectivity index (χ2v) is 4.89. The van der Waals surface area contributed by atoms with E-state index in [2.05, 4.69) is 5.32 Å². The lowest BCUT2D eigenvalue weighted by molar-refractivity contribution is 0.0930. The third kappa shape index (κ3) is 3.83. The smallest absolute Gasteiger partial charge is 0.251 e. The zero-order valence-electron chi connectivity index (χ0n) is 10.9. The maximum absolute atomic E-state index is 12.2. The van der Waals surface area contributed by atoms with E-state index in [0.29, 0.717) is 17.0 Å². The van der Waals surface area contributed by atoms with Crippen LogP contribution in [0.2, 0.25) is 5.02 Å². The maximum atomic E-state index is 12.2. The number of amides is 1. The molecule has 0 saturated heterocycles. The van der Waals surface area contributed by atoms with E-state index in [-0.39, 0.29) is 18.6 Å². The Morgan fingerprint density at radius 1 is 1.10 bits per heavy atom. The molecular formula is C16H16ClNO2. The van der Waals surface area contributed by atoms with E-state index < -0.39 is 0 Å². The van der Waals surface area contributed by atoms with Gasteiger partial charge in [0.2, 0.25) is 0 Å². The molecular weight excluding hydrogens is 274 g/mol. The fourth-order valence-corrected chi connectivity index (χ4v) is 2.10. The van der Waals surface area contributed by atoms with E-state index in [1.807, 2.05) is 30.3 Å². The molecule has 0 fully saturated rings. The first-order valence-electron chi connectivity index (χ1n) is 6.43. The summed E-state index contributed by atoms with van der Waals surface area (Å²) in [5.41, 5.74) is 1.53. The molecule has 2 N–H and O–H groups in total. The van der Waals surface area contributed by atoms with Crippen molar-refractivity contribution in [3.05, 3.63) is 70.7 Å². The number of benzene rings is 2. The predicted octanol–water partition coefficient (Wildman–Crippen LogP) is 3.19. The Morgan fingerprint density at radius 3 is 2.35 bits per heavy atom. The summed E-state index contributed by atoms with van der Waals surface area (Å²) in [6.45, 7) is 0.00234. The van der Waals surface area contributed by atoms with Gasteiger partial charge < -0.3 is 10.4 Å². The molecule has 2 aromatic carbocycles. The van der Waals surface area contributed by atoms with Crippen LogP contribution in [0.4, 0.5) is 0 Å². The Kier molecular flexibility index (Phi) is 5.16. The van der Waals surface area contributed by atoms with E-state index in [9.17, 15) is 4.79 Å². The summed E-state index contributed by atoms with van der Waals surface area (Å²) < 4.78 is 0. The second-order valence-electron chi connectivity index (χ2n) is 4.46. The van der Waals surface area contributed by atoms with Crippen molar-refractivity contribution in [1.82, 2.24) is 5.32 Å². The van der Waals surface area contributed by atoms with Gasteiger partial charge in [-0.15, -0.1) is 0 Å². The van der Waals surface area contributed by atoms with E-state index in [1.165, 1.54) is 0 Å². The van der Waals surface area contributed by atoms with Crippen LogP contribution in [0.5, 0.6) is 0 Å². The molecule has 0 saturated carbocycles. The normalized spacial score (nSPS) is 11.9. The molecule has 0 radical (unpaired) electrons. The first-order chi connectivity index (χ1) is 9.70. The van der Waals surface area contributed by atoms with Gasteiger partial charge in [-0.1, -0.05) is 41.9 Å². The highest BCUT2D eigenvalue weighted by Gasteiger charge is 2.15. The van der Waals surface area contributed by atoms with Gasteiger partial charge in [-0.2, -0.15) is 0 Å². The van der Waals surface area contributed by atoms with Crippen LogP contribution in [0.3, 0.4) is 0 Å². The summed E-state index contributed by atoms with van der Waals surface area (Å²) in [7, 11) is 0. The lowest BCUT2D eigenvalue weighted by Crippen LogP contribution is -2.29. The van der Waals surface area contributed by atoms with Gasteiger partial charge in [0.15, 0.2) is 0 Å². The molecule has 0 heterocycles. The van der Waals surface area contributed by atoms with Crippen LogP contribution in [-0.4, -0.2) is 17.6 Å². The molecule has 1 atom stereocenters. The van der Waals surface area contributed by atoms with Crippen molar-refractivity contribution in [2.75, 3.05) is 6.61 Å².